The van der Waals surface area contributed by atoms with Crippen molar-refractivity contribution in [1.82, 2.24) is 0 Å². The van der Waals surface area contributed by atoms with Crippen LogP contribution in [0.4, 0.5) is 4.39 Å². The molecule has 0 aromatic carbocycles. The lowest BCUT2D eigenvalue weighted by Crippen LogP contribution is -2.44. The lowest BCUT2D eigenvalue weighted by Gasteiger charge is -2.45. The summed E-state index contributed by atoms with van der Waals surface area (Å²) in [5.41, 5.74) is 0. The summed E-state index contributed by atoms with van der Waals surface area (Å²) in [5, 5.41) is 18.5. The molecule has 1 fully saturated rings. The van der Waals surface area contributed by atoms with Gasteiger partial charge in [-0.25, -0.2) is 4.39 Å². The summed E-state index contributed by atoms with van der Waals surface area (Å²) in [6, 6.07) is 0. The molecule has 0 spiro atoms. The highest BCUT2D eigenvalue weighted by atomic mass is 19.1. The molecule has 15 heavy (non-hydrogen) atoms. The van der Waals surface area contributed by atoms with Crippen molar-refractivity contribution >= 4 is 0 Å². The topological polar surface area (TPSA) is 40.5 Å². The van der Waals surface area contributed by atoms with Crippen molar-refractivity contribution in [2.45, 2.75) is 25.4 Å². The second-order valence-corrected chi connectivity index (χ2v) is 4.81. The number of rotatable bonds is 2. The van der Waals surface area contributed by atoms with Crippen LogP contribution in [0.15, 0.2) is 12.2 Å². The first kappa shape index (κ1) is 11.1. The Labute approximate surface area is 89.8 Å². The van der Waals surface area contributed by atoms with E-state index in [1.165, 1.54) is 0 Å². The molecule has 2 aliphatic carbocycles. The Morgan fingerprint density at radius 2 is 1.73 bits per heavy atom. The summed E-state index contributed by atoms with van der Waals surface area (Å²) in [7, 11) is 0. The van der Waals surface area contributed by atoms with Gasteiger partial charge < -0.3 is 10.2 Å². The van der Waals surface area contributed by atoms with Crippen molar-refractivity contribution in [2.75, 3.05) is 13.2 Å². The highest BCUT2D eigenvalue weighted by Crippen LogP contribution is 2.45. The molecule has 3 heteroatoms. The van der Waals surface area contributed by atoms with Gasteiger partial charge >= 0.3 is 0 Å². The zero-order chi connectivity index (χ0) is 10.8. The average molecular weight is 214 g/mol. The van der Waals surface area contributed by atoms with E-state index < -0.39 is 6.17 Å². The summed E-state index contributed by atoms with van der Waals surface area (Å²) in [6.07, 6.45) is 5.45. The summed E-state index contributed by atoms with van der Waals surface area (Å²) in [6.45, 7) is 0.0158. The maximum absolute atomic E-state index is 13.8. The van der Waals surface area contributed by atoms with E-state index in [0.717, 1.165) is 12.8 Å². The number of fused-ring (bicyclic) bond motifs is 1. The smallest absolute Gasteiger partial charge is 0.106 e. The molecule has 0 saturated heterocycles. The fourth-order valence-corrected chi connectivity index (χ4v) is 3.26. The second kappa shape index (κ2) is 4.62. The van der Waals surface area contributed by atoms with E-state index >= 15 is 0 Å². The zero-order valence-corrected chi connectivity index (χ0v) is 8.85. The predicted molar refractivity (Wildman–Crippen MR) is 56.0 cm³/mol. The maximum atomic E-state index is 13.8. The molecule has 2 nitrogen and oxygen atoms in total. The number of allylic oxidation sites excluding steroid dienone is 2. The van der Waals surface area contributed by atoms with Crippen LogP contribution in [0.3, 0.4) is 0 Å². The normalized spacial score (nSPS) is 45.1. The van der Waals surface area contributed by atoms with Crippen molar-refractivity contribution < 1.29 is 14.6 Å². The highest BCUT2D eigenvalue weighted by molar-refractivity contribution is 5.02. The molecule has 5 atom stereocenters. The molecule has 1 saturated carbocycles. The highest BCUT2D eigenvalue weighted by Gasteiger charge is 2.44. The van der Waals surface area contributed by atoms with E-state index in [2.05, 4.69) is 12.2 Å². The summed E-state index contributed by atoms with van der Waals surface area (Å²) in [5.74, 6) is 0.450. The maximum Gasteiger partial charge on any atom is 0.106 e. The molecule has 2 N–H and O–H groups in total. The molecule has 0 amide bonds. The quantitative estimate of drug-likeness (QED) is 0.684. The van der Waals surface area contributed by atoms with Gasteiger partial charge in [0.05, 0.1) is 0 Å². The Bertz CT molecular complexity index is 242. The van der Waals surface area contributed by atoms with Gasteiger partial charge in [0.25, 0.3) is 0 Å². The molecule has 86 valence electrons. The lowest BCUT2D eigenvalue weighted by atomic mass is 9.62. The van der Waals surface area contributed by atoms with Gasteiger partial charge in [-0.2, -0.15) is 0 Å². The van der Waals surface area contributed by atoms with Gasteiger partial charge in [0.15, 0.2) is 0 Å². The van der Waals surface area contributed by atoms with Crippen LogP contribution in [0.5, 0.6) is 0 Å². The third kappa shape index (κ3) is 1.95. The standard InChI is InChI=1S/C12H19FO2/c13-12-5-8(6-14)9-3-1-2-4-10(9)11(12)7-15/h1-2,8-12,14-15H,3-7H2. The molecule has 0 aliphatic heterocycles. The third-order valence-corrected chi connectivity index (χ3v) is 4.13. The van der Waals surface area contributed by atoms with Gasteiger partial charge in [-0.05, 0) is 37.0 Å². The van der Waals surface area contributed by atoms with Crippen LogP contribution >= 0.6 is 0 Å². The Balaban J connectivity index is 2.17. The predicted octanol–water partition coefficient (Wildman–Crippen LogP) is 1.53. The average Bonchev–Trinajstić information content (AvgIpc) is 2.28. The summed E-state index contributed by atoms with van der Waals surface area (Å²) < 4.78 is 13.8. The van der Waals surface area contributed by atoms with E-state index in [1.54, 1.807) is 0 Å². The van der Waals surface area contributed by atoms with Crippen LogP contribution in [0, 0.1) is 23.7 Å². The Morgan fingerprint density at radius 3 is 2.33 bits per heavy atom. The Hall–Kier alpha value is -0.410. The van der Waals surface area contributed by atoms with Crippen molar-refractivity contribution in [3.63, 3.8) is 0 Å². The Kier molecular flexibility index (Phi) is 3.42. The molecular weight excluding hydrogens is 195 g/mol. The second-order valence-electron chi connectivity index (χ2n) is 4.81. The van der Waals surface area contributed by atoms with Crippen LogP contribution in [-0.2, 0) is 0 Å². The fourth-order valence-electron chi connectivity index (χ4n) is 3.26. The summed E-state index contributed by atoms with van der Waals surface area (Å²) in [4.78, 5) is 0. The lowest BCUT2D eigenvalue weighted by molar-refractivity contribution is -0.0312. The van der Waals surface area contributed by atoms with Crippen LogP contribution in [0.2, 0.25) is 0 Å². The van der Waals surface area contributed by atoms with E-state index in [1.807, 2.05) is 0 Å². The minimum Gasteiger partial charge on any atom is -0.396 e. The van der Waals surface area contributed by atoms with Gasteiger partial charge in [-0.3, -0.25) is 0 Å². The zero-order valence-electron chi connectivity index (χ0n) is 8.85. The molecular formula is C12H19FO2. The number of alkyl halides is 1. The minimum absolute atomic E-state index is 0.0612. The fraction of sp³-hybridized carbons (Fsp3) is 0.833. The van der Waals surface area contributed by atoms with Crippen molar-refractivity contribution in [3.05, 3.63) is 12.2 Å². The first-order valence-electron chi connectivity index (χ1n) is 5.78. The number of hydrogen-bond acceptors (Lipinski definition) is 2. The molecule has 2 aliphatic rings. The first-order valence-corrected chi connectivity index (χ1v) is 5.78. The van der Waals surface area contributed by atoms with Crippen LogP contribution in [0.1, 0.15) is 19.3 Å². The number of aliphatic hydroxyl groups is 2. The van der Waals surface area contributed by atoms with Gasteiger partial charge in [0.1, 0.15) is 6.17 Å². The van der Waals surface area contributed by atoms with E-state index in [0.29, 0.717) is 12.3 Å². The van der Waals surface area contributed by atoms with Gasteiger partial charge in [-0.1, -0.05) is 12.2 Å². The van der Waals surface area contributed by atoms with Crippen LogP contribution in [-0.4, -0.2) is 29.6 Å². The molecule has 2 rings (SSSR count). The molecule has 0 bridgehead atoms. The summed E-state index contributed by atoms with van der Waals surface area (Å²) >= 11 is 0. The van der Waals surface area contributed by atoms with Crippen molar-refractivity contribution in [1.29, 1.82) is 0 Å². The molecule has 0 heterocycles. The minimum atomic E-state index is -0.945. The van der Waals surface area contributed by atoms with E-state index in [4.69, 9.17) is 0 Å². The monoisotopic (exact) mass is 214 g/mol. The van der Waals surface area contributed by atoms with Gasteiger partial charge in [0, 0.05) is 19.1 Å². The number of aliphatic hydroxyl groups excluding tert-OH is 2. The van der Waals surface area contributed by atoms with Crippen molar-refractivity contribution in [2.24, 2.45) is 23.7 Å². The van der Waals surface area contributed by atoms with Gasteiger partial charge in [0.2, 0.25) is 0 Å². The van der Waals surface area contributed by atoms with E-state index in [9.17, 15) is 14.6 Å². The Morgan fingerprint density at radius 1 is 1.07 bits per heavy atom. The third-order valence-electron chi connectivity index (χ3n) is 4.13. The molecule has 0 radical (unpaired) electrons. The molecule has 5 unspecified atom stereocenters. The molecule has 0 aromatic heterocycles. The van der Waals surface area contributed by atoms with E-state index in [-0.39, 0.29) is 31.0 Å². The number of halogens is 1. The van der Waals surface area contributed by atoms with Crippen LogP contribution < -0.4 is 0 Å². The van der Waals surface area contributed by atoms with Crippen molar-refractivity contribution in [3.8, 4) is 0 Å². The first-order chi connectivity index (χ1) is 7.27. The molecule has 0 aromatic rings. The van der Waals surface area contributed by atoms with Gasteiger partial charge in [-0.15, -0.1) is 0 Å². The SMILES string of the molecule is OCC1CC(F)C(CO)C2CC=CCC12. The number of hydrogen-bond donors (Lipinski definition) is 2. The largest absolute Gasteiger partial charge is 0.396 e. The van der Waals surface area contributed by atoms with Crippen LogP contribution in [0.25, 0.3) is 0 Å².